The normalized spacial score (nSPS) is 11.9. The second-order valence-corrected chi connectivity index (χ2v) is 12.8. The van der Waals surface area contributed by atoms with Crippen LogP contribution in [0.3, 0.4) is 0 Å². The van der Waals surface area contributed by atoms with E-state index in [-0.39, 0.29) is 11.2 Å². The zero-order valence-electron chi connectivity index (χ0n) is 24.6. The van der Waals surface area contributed by atoms with Gasteiger partial charge in [0.1, 0.15) is 11.6 Å². The SMILES string of the molecule is CC(=O)C(CCCCSCCCCC(C)(C)C(=O)Cc1ccccc1)(c1ccccc1C)c1ccccc1C. The molecule has 3 aromatic carbocycles. The van der Waals surface area contributed by atoms with E-state index in [1.807, 2.05) is 42.1 Å². The van der Waals surface area contributed by atoms with Gasteiger partial charge in [-0.2, -0.15) is 11.8 Å². The van der Waals surface area contributed by atoms with Crippen molar-refractivity contribution >= 4 is 23.3 Å². The molecular formula is C36H46O2S. The maximum Gasteiger partial charge on any atom is 0.144 e. The maximum absolute atomic E-state index is 13.4. The van der Waals surface area contributed by atoms with Crippen LogP contribution >= 0.6 is 11.8 Å². The molecule has 0 amide bonds. The van der Waals surface area contributed by atoms with Crippen molar-refractivity contribution in [2.75, 3.05) is 11.5 Å². The van der Waals surface area contributed by atoms with Crippen LogP contribution in [-0.2, 0) is 21.4 Å². The van der Waals surface area contributed by atoms with Crippen LogP contribution in [-0.4, -0.2) is 23.1 Å². The molecule has 0 aromatic heterocycles. The zero-order valence-corrected chi connectivity index (χ0v) is 25.4. The number of Topliss-reactive ketones (excluding diaryl/α,β-unsaturated/α-hetero) is 2. The lowest BCUT2D eigenvalue weighted by Crippen LogP contribution is -2.37. The van der Waals surface area contributed by atoms with Gasteiger partial charge in [0.25, 0.3) is 0 Å². The highest BCUT2D eigenvalue weighted by Gasteiger charge is 2.40. The van der Waals surface area contributed by atoms with Gasteiger partial charge < -0.3 is 0 Å². The second kappa shape index (κ2) is 14.7. The van der Waals surface area contributed by atoms with Crippen molar-refractivity contribution < 1.29 is 9.59 Å². The summed E-state index contributed by atoms with van der Waals surface area (Å²) in [5.41, 5.74) is 4.87. The highest BCUT2D eigenvalue weighted by atomic mass is 32.2. The van der Waals surface area contributed by atoms with Gasteiger partial charge in [0.2, 0.25) is 0 Å². The summed E-state index contributed by atoms with van der Waals surface area (Å²) >= 11 is 2.00. The Hall–Kier alpha value is -2.65. The summed E-state index contributed by atoms with van der Waals surface area (Å²) in [7, 11) is 0. The van der Waals surface area contributed by atoms with Crippen LogP contribution in [0.4, 0.5) is 0 Å². The number of carbonyl (C=O) groups excluding carboxylic acids is 2. The van der Waals surface area contributed by atoms with Gasteiger partial charge in [-0.05, 0) is 85.8 Å². The Morgan fingerprint density at radius 1 is 0.667 bits per heavy atom. The minimum Gasteiger partial charge on any atom is -0.299 e. The number of benzene rings is 3. The van der Waals surface area contributed by atoms with Gasteiger partial charge >= 0.3 is 0 Å². The number of aryl methyl sites for hydroxylation is 2. The first kappa shape index (κ1) is 30.9. The smallest absolute Gasteiger partial charge is 0.144 e. The van der Waals surface area contributed by atoms with E-state index in [9.17, 15) is 9.59 Å². The first-order chi connectivity index (χ1) is 18.7. The van der Waals surface area contributed by atoms with E-state index in [1.54, 1.807) is 6.92 Å². The highest BCUT2D eigenvalue weighted by molar-refractivity contribution is 7.99. The van der Waals surface area contributed by atoms with Crippen molar-refractivity contribution in [1.29, 1.82) is 0 Å². The summed E-state index contributed by atoms with van der Waals surface area (Å²) in [5, 5.41) is 0. The van der Waals surface area contributed by atoms with E-state index in [0.29, 0.717) is 12.2 Å². The molecule has 0 saturated heterocycles. The first-order valence-electron chi connectivity index (χ1n) is 14.5. The monoisotopic (exact) mass is 542 g/mol. The number of carbonyl (C=O) groups is 2. The standard InChI is InChI=1S/C36H46O2S/c1-28-17-9-11-21-32(28)36(30(3)37,33-22-12-10-18-29(33)2)24-14-16-26-39-25-15-13-23-35(4,5)34(38)27-31-19-7-6-8-20-31/h6-12,17-22H,13-16,23-27H2,1-5H3. The molecule has 39 heavy (non-hydrogen) atoms. The molecule has 0 radical (unpaired) electrons. The van der Waals surface area contributed by atoms with Crippen LogP contribution in [0.25, 0.3) is 0 Å². The number of unbranched alkanes of at least 4 members (excludes halogenated alkanes) is 2. The minimum absolute atomic E-state index is 0.225. The summed E-state index contributed by atoms with van der Waals surface area (Å²) in [6.07, 6.45) is 6.61. The lowest BCUT2D eigenvalue weighted by atomic mass is 9.66. The lowest BCUT2D eigenvalue weighted by Gasteiger charge is -2.35. The Kier molecular flexibility index (Phi) is 11.6. The molecule has 0 bridgehead atoms. The third-order valence-electron chi connectivity index (χ3n) is 8.20. The van der Waals surface area contributed by atoms with Gasteiger partial charge in [-0.25, -0.2) is 0 Å². The van der Waals surface area contributed by atoms with E-state index in [2.05, 4.69) is 76.2 Å². The van der Waals surface area contributed by atoms with Gasteiger partial charge in [0.15, 0.2) is 0 Å². The maximum atomic E-state index is 13.4. The molecule has 0 heterocycles. The Bertz CT molecular complexity index is 1170. The van der Waals surface area contributed by atoms with Crippen LogP contribution in [0.1, 0.15) is 87.1 Å². The molecule has 0 fully saturated rings. The van der Waals surface area contributed by atoms with Crippen LogP contribution in [0.5, 0.6) is 0 Å². The van der Waals surface area contributed by atoms with Crippen molar-refractivity contribution in [2.24, 2.45) is 5.41 Å². The predicted octanol–water partition coefficient (Wildman–Crippen LogP) is 9.09. The van der Waals surface area contributed by atoms with E-state index in [4.69, 9.17) is 0 Å². The summed E-state index contributed by atoms with van der Waals surface area (Å²) in [5.74, 6) is 2.78. The molecule has 0 aliphatic heterocycles. The zero-order chi connectivity index (χ0) is 28.3. The Morgan fingerprint density at radius 3 is 1.67 bits per heavy atom. The molecule has 3 rings (SSSR count). The fourth-order valence-electron chi connectivity index (χ4n) is 5.70. The molecule has 208 valence electrons. The molecule has 0 aliphatic carbocycles. The lowest BCUT2D eigenvalue weighted by molar-refractivity contribution is -0.126. The number of hydrogen-bond acceptors (Lipinski definition) is 3. The third-order valence-corrected chi connectivity index (χ3v) is 9.36. The van der Waals surface area contributed by atoms with E-state index >= 15 is 0 Å². The van der Waals surface area contributed by atoms with Crippen molar-refractivity contribution in [1.82, 2.24) is 0 Å². The first-order valence-corrected chi connectivity index (χ1v) is 15.6. The molecule has 0 atom stereocenters. The Morgan fingerprint density at radius 2 is 1.15 bits per heavy atom. The molecule has 0 saturated carbocycles. The van der Waals surface area contributed by atoms with Crippen molar-refractivity contribution in [2.45, 2.75) is 85.0 Å². The Labute approximate surface area is 241 Å². The largest absolute Gasteiger partial charge is 0.299 e. The number of thioether (sulfide) groups is 1. The summed E-state index contributed by atoms with van der Waals surface area (Å²) in [4.78, 5) is 26.2. The minimum atomic E-state index is -0.598. The highest BCUT2D eigenvalue weighted by Crippen LogP contribution is 2.41. The molecule has 2 nitrogen and oxygen atoms in total. The summed E-state index contributed by atoms with van der Waals surface area (Å²) in [6, 6.07) is 26.8. The molecular weight excluding hydrogens is 496 g/mol. The average molecular weight is 543 g/mol. The molecule has 0 aliphatic rings. The fourth-order valence-corrected chi connectivity index (χ4v) is 6.72. The van der Waals surface area contributed by atoms with Crippen molar-refractivity contribution in [3.05, 3.63) is 107 Å². The van der Waals surface area contributed by atoms with E-state index < -0.39 is 5.41 Å². The fraction of sp³-hybridized carbons (Fsp3) is 0.444. The second-order valence-electron chi connectivity index (χ2n) is 11.6. The molecule has 3 heteroatoms. The van der Waals surface area contributed by atoms with Crippen LogP contribution in [0, 0.1) is 19.3 Å². The Balaban J connectivity index is 1.48. The third kappa shape index (κ3) is 8.18. The predicted molar refractivity (Wildman–Crippen MR) is 168 cm³/mol. The van der Waals surface area contributed by atoms with E-state index in [1.165, 1.54) is 11.1 Å². The summed E-state index contributed by atoms with van der Waals surface area (Å²) < 4.78 is 0. The number of ketones is 2. The van der Waals surface area contributed by atoms with Gasteiger partial charge in [0.05, 0.1) is 5.41 Å². The summed E-state index contributed by atoms with van der Waals surface area (Å²) in [6.45, 7) is 10.2. The quantitative estimate of drug-likeness (QED) is 0.169. The van der Waals surface area contributed by atoms with Crippen LogP contribution in [0.2, 0.25) is 0 Å². The van der Waals surface area contributed by atoms with Gasteiger partial charge in [-0.15, -0.1) is 0 Å². The number of rotatable bonds is 16. The molecule has 0 unspecified atom stereocenters. The van der Waals surface area contributed by atoms with Crippen LogP contribution in [0.15, 0.2) is 78.9 Å². The molecule has 0 N–H and O–H groups in total. The van der Waals surface area contributed by atoms with Gasteiger partial charge in [0, 0.05) is 11.8 Å². The van der Waals surface area contributed by atoms with Gasteiger partial charge in [-0.3, -0.25) is 9.59 Å². The van der Waals surface area contributed by atoms with Crippen molar-refractivity contribution in [3.8, 4) is 0 Å². The number of hydrogen-bond donors (Lipinski definition) is 0. The van der Waals surface area contributed by atoms with Gasteiger partial charge in [-0.1, -0.05) is 106 Å². The average Bonchev–Trinajstić information content (AvgIpc) is 2.91. The van der Waals surface area contributed by atoms with E-state index in [0.717, 1.165) is 66.7 Å². The molecule has 3 aromatic rings. The topological polar surface area (TPSA) is 34.1 Å². The van der Waals surface area contributed by atoms with Crippen LogP contribution < -0.4 is 0 Å². The van der Waals surface area contributed by atoms with Crippen molar-refractivity contribution in [3.63, 3.8) is 0 Å². The molecule has 0 spiro atoms.